The summed E-state index contributed by atoms with van der Waals surface area (Å²) >= 11 is 0. The van der Waals surface area contributed by atoms with Crippen molar-refractivity contribution in [3.05, 3.63) is 0 Å². The average Bonchev–Trinajstić information content (AvgIpc) is 3.31. The lowest BCUT2D eigenvalue weighted by Crippen LogP contribution is -2.47. The molecule has 22 heavy (non-hydrogen) atoms. The first-order valence-corrected chi connectivity index (χ1v) is 8.64. The van der Waals surface area contributed by atoms with Crippen molar-refractivity contribution < 1.29 is 9.59 Å². The fraction of sp³-hybridized carbons (Fsp3) is 0.875. The van der Waals surface area contributed by atoms with Gasteiger partial charge < -0.3 is 15.5 Å². The van der Waals surface area contributed by atoms with Crippen molar-refractivity contribution in [2.75, 3.05) is 32.7 Å². The van der Waals surface area contributed by atoms with Crippen LogP contribution in [-0.2, 0) is 4.79 Å². The fourth-order valence-corrected chi connectivity index (χ4v) is 3.54. The van der Waals surface area contributed by atoms with Gasteiger partial charge >= 0.3 is 6.03 Å². The Morgan fingerprint density at radius 1 is 1.14 bits per heavy atom. The van der Waals surface area contributed by atoms with Gasteiger partial charge in [-0.2, -0.15) is 0 Å². The number of urea groups is 1. The highest BCUT2D eigenvalue weighted by molar-refractivity contribution is 5.79. The van der Waals surface area contributed by atoms with E-state index in [1.54, 1.807) is 4.90 Å². The van der Waals surface area contributed by atoms with Gasteiger partial charge in [-0.25, -0.2) is 4.79 Å². The molecule has 0 aromatic heterocycles. The number of amides is 3. The molecule has 3 fully saturated rings. The van der Waals surface area contributed by atoms with Crippen LogP contribution in [0.25, 0.3) is 0 Å². The van der Waals surface area contributed by atoms with Gasteiger partial charge in [-0.3, -0.25) is 9.69 Å². The molecular weight excluding hydrogens is 280 g/mol. The number of hydrogen-bond acceptors (Lipinski definition) is 3. The molecule has 3 amide bonds. The smallest absolute Gasteiger partial charge is 0.314 e. The topological polar surface area (TPSA) is 69.9 Å². The number of rotatable bonds is 5. The third-order valence-corrected chi connectivity index (χ3v) is 5.23. The molecule has 1 heterocycles. The van der Waals surface area contributed by atoms with Crippen LogP contribution in [0.15, 0.2) is 0 Å². The molecule has 0 bridgehead atoms. The minimum atomic E-state index is -0.352. The SMILES string of the molecule is C[C@H](C1CC1)N(C(=O)CN1CCCN(C(N)=O)CC1)C1CC1. The number of hydrogen-bond donors (Lipinski definition) is 1. The van der Waals surface area contributed by atoms with E-state index in [2.05, 4.69) is 16.7 Å². The average molecular weight is 308 g/mol. The fourth-order valence-electron chi connectivity index (χ4n) is 3.54. The molecule has 2 N–H and O–H groups in total. The van der Waals surface area contributed by atoms with Crippen LogP contribution >= 0.6 is 0 Å². The summed E-state index contributed by atoms with van der Waals surface area (Å²) in [4.78, 5) is 30.1. The van der Waals surface area contributed by atoms with E-state index in [4.69, 9.17) is 5.73 Å². The Bertz CT molecular complexity index is 434. The zero-order valence-corrected chi connectivity index (χ0v) is 13.5. The predicted octanol–water partition coefficient (Wildman–Crippen LogP) is 0.862. The van der Waals surface area contributed by atoms with E-state index in [1.807, 2.05) is 0 Å². The summed E-state index contributed by atoms with van der Waals surface area (Å²) < 4.78 is 0. The first kappa shape index (κ1) is 15.6. The Morgan fingerprint density at radius 3 is 2.45 bits per heavy atom. The zero-order chi connectivity index (χ0) is 15.7. The molecule has 3 rings (SSSR count). The van der Waals surface area contributed by atoms with Crippen molar-refractivity contribution >= 4 is 11.9 Å². The number of nitrogens with two attached hydrogens (primary N) is 1. The summed E-state index contributed by atoms with van der Waals surface area (Å²) in [7, 11) is 0. The highest BCUT2D eigenvalue weighted by Gasteiger charge is 2.41. The van der Waals surface area contributed by atoms with Crippen LogP contribution in [0, 0.1) is 5.92 Å². The van der Waals surface area contributed by atoms with Gasteiger partial charge in [0.1, 0.15) is 0 Å². The molecule has 3 aliphatic rings. The second-order valence-corrected chi connectivity index (χ2v) is 7.07. The van der Waals surface area contributed by atoms with Crippen molar-refractivity contribution in [3.63, 3.8) is 0 Å². The monoisotopic (exact) mass is 308 g/mol. The van der Waals surface area contributed by atoms with Gasteiger partial charge in [0.05, 0.1) is 6.54 Å². The number of nitrogens with zero attached hydrogens (tertiary/aromatic N) is 3. The second kappa shape index (κ2) is 6.44. The molecule has 0 radical (unpaired) electrons. The largest absolute Gasteiger partial charge is 0.351 e. The first-order chi connectivity index (χ1) is 10.6. The van der Waals surface area contributed by atoms with Crippen LogP contribution in [-0.4, -0.2) is 71.4 Å². The standard InChI is InChI=1S/C16H28N4O2/c1-12(13-3-4-13)20(14-5-6-14)15(21)11-18-7-2-8-19(10-9-18)16(17)22/h12-14H,2-11H2,1H3,(H2,17,22)/t12-/m1/s1. The number of carbonyl (C=O) groups excluding carboxylic acids is 2. The van der Waals surface area contributed by atoms with E-state index in [0.29, 0.717) is 31.7 Å². The molecule has 1 atom stereocenters. The van der Waals surface area contributed by atoms with E-state index in [-0.39, 0.29) is 11.9 Å². The van der Waals surface area contributed by atoms with E-state index in [1.165, 1.54) is 12.8 Å². The van der Waals surface area contributed by atoms with Crippen molar-refractivity contribution in [2.24, 2.45) is 11.7 Å². The zero-order valence-electron chi connectivity index (χ0n) is 13.5. The van der Waals surface area contributed by atoms with Crippen LogP contribution in [0.2, 0.25) is 0 Å². The van der Waals surface area contributed by atoms with Crippen LogP contribution in [0.4, 0.5) is 4.79 Å². The summed E-state index contributed by atoms with van der Waals surface area (Å²) in [6.07, 6.45) is 5.76. The molecule has 2 aliphatic carbocycles. The van der Waals surface area contributed by atoms with Gasteiger partial charge in [0.2, 0.25) is 5.91 Å². The maximum atomic E-state index is 12.8. The van der Waals surface area contributed by atoms with E-state index >= 15 is 0 Å². The van der Waals surface area contributed by atoms with Crippen molar-refractivity contribution in [1.29, 1.82) is 0 Å². The lowest BCUT2D eigenvalue weighted by molar-refractivity contribution is -0.135. The van der Waals surface area contributed by atoms with Gasteiger partial charge in [0.25, 0.3) is 0 Å². The van der Waals surface area contributed by atoms with Gasteiger partial charge in [-0.05, 0) is 44.9 Å². The minimum Gasteiger partial charge on any atom is -0.351 e. The Hall–Kier alpha value is -1.30. The molecule has 6 heteroatoms. The van der Waals surface area contributed by atoms with Crippen LogP contribution < -0.4 is 5.73 Å². The lowest BCUT2D eigenvalue weighted by atomic mass is 10.1. The maximum Gasteiger partial charge on any atom is 0.314 e. The van der Waals surface area contributed by atoms with E-state index in [0.717, 1.165) is 38.3 Å². The van der Waals surface area contributed by atoms with Crippen LogP contribution in [0.3, 0.4) is 0 Å². The van der Waals surface area contributed by atoms with E-state index in [9.17, 15) is 9.59 Å². The number of primary amides is 1. The Kier molecular flexibility index (Phi) is 4.57. The van der Waals surface area contributed by atoms with Gasteiger partial charge in [0.15, 0.2) is 0 Å². The highest BCUT2D eigenvalue weighted by atomic mass is 16.2. The van der Waals surface area contributed by atoms with Crippen molar-refractivity contribution in [3.8, 4) is 0 Å². The summed E-state index contributed by atoms with van der Waals surface area (Å²) in [6.45, 7) is 5.64. The van der Waals surface area contributed by atoms with Crippen LogP contribution in [0.1, 0.15) is 39.0 Å². The second-order valence-electron chi connectivity index (χ2n) is 7.07. The third kappa shape index (κ3) is 3.72. The molecule has 1 saturated heterocycles. The molecule has 0 aromatic carbocycles. The first-order valence-electron chi connectivity index (χ1n) is 8.64. The predicted molar refractivity (Wildman–Crippen MR) is 84.3 cm³/mol. The molecule has 2 saturated carbocycles. The third-order valence-electron chi connectivity index (χ3n) is 5.23. The lowest BCUT2D eigenvalue weighted by Gasteiger charge is -2.32. The summed E-state index contributed by atoms with van der Waals surface area (Å²) in [5.74, 6) is 0.994. The normalized spacial score (nSPS) is 24.7. The summed E-state index contributed by atoms with van der Waals surface area (Å²) in [5.41, 5.74) is 5.35. The Labute approximate surface area is 132 Å². The molecule has 0 spiro atoms. The summed E-state index contributed by atoms with van der Waals surface area (Å²) in [6, 6.07) is 0.529. The quantitative estimate of drug-likeness (QED) is 0.819. The molecule has 0 aromatic rings. The molecular formula is C16H28N4O2. The molecule has 124 valence electrons. The molecule has 6 nitrogen and oxygen atoms in total. The summed E-state index contributed by atoms with van der Waals surface area (Å²) in [5, 5.41) is 0. The Balaban J connectivity index is 1.54. The molecule has 0 unspecified atom stereocenters. The van der Waals surface area contributed by atoms with E-state index < -0.39 is 0 Å². The van der Waals surface area contributed by atoms with Gasteiger partial charge in [-0.1, -0.05) is 0 Å². The van der Waals surface area contributed by atoms with Crippen molar-refractivity contribution in [2.45, 2.75) is 51.1 Å². The molecule has 1 aliphatic heterocycles. The maximum absolute atomic E-state index is 12.8. The minimum absolute atomic E-state index is 0.273. The highest BCUT2D eigenvalue weighted by Crippen LogP contribution is 2.39. The number of carbonyl (C=O) groups is 2. The van der Waals surface area contributed by atoms with Gasteiger partial charge in [0, 0.05) is 38.3 Å². The van der Waals surface area contributed by atoms with Crippen molar-refractivity contribution in [1.82, 2.24) is 14.7 Å². The van der Waals surface area contributed by atoms with Gasteiger partial charge in [-0.15, -0.1) is 0 Å². The Morgan fingerprint density at radius 2 is 1.86 bits per heavy atom. The van der Waals surface area contributed by atoms with Crippen LogP contribution in [0.5, 0.6) is 0 Å².